The molecule has 0 unspecified atom stereocenters. The Labute approximate surface area is 89.9 Å². The van der Waals surface area contributed by atoms with Crippen molar-refractivity contribution in [2.24, 2.45) is 5.41 Å². The van der Waals surface area contributed by atoms with Crippen LogP contribution in [-0.4, -0.2) is 23.5 Å². The number of likely N-dealkylation sites (tertiary alicyclic amines) is 1. The Kier molecular flexibility index (Phi) is 3.63. The molecule has 0 amide bonds. The average Bonchev–Trinajstić information content (AvgIpc) is 2.01. The summed E-state index contributed by atoms with van der Waals surface area (Å²) in [5.41, 5.74) is 0.833. The summed E-state index contributed by atoms with van der Waals surface area (Å²) < 4.78 is 0. The molecule has 0 atom stereocenters. The fourth-order valence-corrected chi connectivity index (χ4v) is 2.91. The molecule has 0 aliphatic carbocycles. The van der Waals surface area contributed by atoms with Crippen molar-refractivity contribution in [3.8, 4) is 0 Å². The van der Waals surface area contributed by atoms with Crippen LogP contribution in [0.5, 0.6) is 0 Å². The summed E-state index contributed by atoms with van der Waals surface area (Å²) in [6.07, 6.45) is 5.52. The molecule has 0 bridgehead atoms. The first-order valence-corrected chi connectivity index (χ1v) is 6.06. The van der Waals surface area contributed by atoms with Crippen LogP contribution >= 0.6 is 0 Å². The van der Waals surface area contributed by atoms with E-state index in [1.807, 2.05) is 0 Å². The Morgan fingerprint density at radius 1 is 0.857 bits per heavy atom. The van der Waals surface area contributed by atoms with E-state index in [2.05, 4.69) is 39.5 Å². The first kappa shape index (κ1) is 12.0. The van der Waals surface area contributed by atoms with Crippen LogP contribution in [0.25, 0.3) is 0 Å². The fraction of sp³-hybridized carbons (Fsp3) is 1.00. The van der Waals surface area contributed by atoms with Gasteiger partial charge in [-0.25, -0.2) is 0 Å². The van der Waals surface area contributed by atoms with Crippen LogP contribution in [0.15, 0.2) is 0 Å². The maximum Gasteiger partial charge on any atom is 0.0158 e. The summed E-state index contributed by atoms with van der Waals surface area (Å²) >= 11 is 0. The van der Waals surface area contributed by atoms with E-state index in [0.717, 1.165) is 0 Å². The highest BCUT2D eigenvalue weighted by Gasteiger charge is 2.31. The minimum absolute atomic E-state index is 0.388. The molecule has 1 heteroatoms. The number of rotatable bonds is 2. The average molecular weight is 197 g/mol. The van der Waals surface area contributed by atoms with E-state index in [1.165, 1.54) is 38.8 Å². The monoisotopic (exact) mass is 197 g/mol. The van der Waals surface area contributed by atoms with Crippen molar-refractivity contribution in [3.05, 3.63) is 0 Å². The van der Waals surface area contributed by atoms with E-state index in [4.69, 9.17) is 0 Å². The van der Waals surface area contributed by atoms with Gasteiger partial charge in [-0.05, 0) is 51.6 Å². The number of piperidine rings is 1. The maximum absolute atomic E-state index is 2.68. The Hall–Kier alpha value is -0.0400. The van der Waals surface area contributed by atoms with Gasteiger partial charge in [0.1, 0.15) is 0 Å². The van der Waals surface area contributed by atoms with Gasteiger partial charge in [-0.2, -0.15) is 0 Å². The maximum atomic E-state index is 2.68. The lowest BCUT2D eigenvalue weighted by Crippen LogP contribution is -2.48. The third-order valence-electron chi connectivity index (χ3n) is 3.18. The van der Waals surface area contributed by atoms with Crippen LogP contribution in [-0.2, 0) is 0 Å². The van der Waals surface area contributed by atoms with Gasteiger partial charge in [0, 0.05) is 5.54 Å². The van der Waals surface area contributed by atoms with E-state index in [9.17, 15) is 0 Å². The summed E-state index contributed by atoms with van der Waals surface area (Å²) in [4.78, 5) is 2.68. The molecule has 0 aromatic carbocycles. The lowest BCUT2D eigenvalue weighted by molar-refractivity contribution is 0.0595. The Morgan fingerprint density at radius 3 is 1.79 bits per heavy atom. The summed E-state index contributed by atoms with van der Waals surface area (Å²) in [6, 6.07) is 0. The van der Waals surface area contributed by atoms with Gasteiger partial charge in [0.2, 0.25) is 0 Å². The SMILES string of the molecule is CC(C)(C)CC(C)(C)N1CCCCC1. The Bertz CT molecular complexity index is 170. The Morgan fingerprint density at radius 2 is 1.36 bits per heavy atom. The molecule has 1 saturated heterocycles. The smallest absolute Gasteiger partial charge is 0.0158 e. The zero-order valence-electron chi connectivity index (χ0n) is 10.7. The minimum atomic E-state index is 0.388. The van der Waals surface area contributed by atoms with E-state index < -0.39 is 0 Å². The van der Waals surface area contributed by atoms with Gasteiger partial charge in [-0.15, -0.1) is 0 Å². The van der Waals surface area contributed by atoms with Crippen LogP contribution in [0.1, 0.15) is 60.3 Å². The molecule has 14 heavy (non-hydrogen) atoms. The molecule has 1 aliphatic heterocycles. The molecule has 0 aromatic rings. The molecule has 1 rings (SSSR count). The molecule has 84 valence electrons. The lowest BCUT2D eigenvalue weighted by Gasteiger charge is -2.44. The van der Waals surface area contributed by atoms with Crippen LogP contribution in [0.4, 0.5) is 0 Å². The zero-order valence-corrected chi connectivity index (χ0v) is 10.7. The van der Waals surface area contributed by atoms with Crippen molar-refractivity contribution in [2.45, 2.75) is 65.8 Å². The van der Waals surface area contributed by atoms with Gasteiger partial charge in [0.15, 0.2) is 0 Å². The van der Waals surface area contributed by atoms with Crippen LogP contribution < -0.4 is 0 Å². The second kappa shape index (κ2) is 4.22. The number of hydrogen-bond acceptors (Lipinski definition) is 1. The van der Waals surface area contributed by atoms with Gasteiger partial charge in [-0.1, -0.05) is 27.2 Å². The van der Waals surface area contributed by atoms with Gasteiger partial charge in [0.05, 0.1) is 0 Å². The van der Waals surface area contributed by atoms with Gasteiger partial charge in [0.25, 0.3) is 0 Å². The molecule has 0 aromatic heterocycles. The minimum Gasteiger partial charge on any atom is -0.298 e. The second-order valence-electron chi connectivity index (χ2n) is 6.60. The highest BCUT2D eigenvalue weighted by atomic mass is 15.2. The summed E-state index contributed by atoms with van der Waals surface area (Å²) in [6.45, 7) is 14.5. The quantitative estimate of drug-likeness (QED) is 0.652. The van der Waals surface area contributed by atoms with E-state index in [1.54, 1.807) is 0 Å². The fourth-order valence-electron chi connectivity index (χ4n) is 2.91. The molecule has 1 nitrogen and oxygen atoms in total. The third-order valence-corrected chi connectivity index (χ3v) is 3.18. The van der Waals surface area contributed by atoms with Gasteiger partial charge >= 0.3 is 0 Å². The molecule has 0 N–H and O–H groups in total. The second-order valence-corrected chi connectivity index (χ2v) is 6.60. The largest absolute Gasteiger partial charge is 0.298 e. The summed E-state index contributed by atoms with van der Waals surface area (Å²) in [5.74, 6) is 0. The van der Waals surface area contributed by atoms with Crippen molar-refractivity contribution in [3.63, 3.8) is 0 Å². The molecule has 1 fully saturated rings. The first-order chi connectivity index (χ1) is 6.31. The van der Waals surface area contributed by atoms with E-state index in [0.29, 0.717) is 11.0 Å². The normalized spacial score (nSPS) is 21.2. The standard InChI is InChI=1S/C13H27N/c1-12(2,3)11-13(4,5)14-9-7-6-8-10-14/h6-11H2,1-5H3. The number of nitrogens with zero attached hydrogens (tertiary/aromatic N) is 1. The molecule has 1 aliphatic rings. The molecular weight excluding hydrogens is 170 g/mol. The van der Waals surface area contributed by atoms with E-state index >= 15 is 0 Å². The Balaban J connectivity index is 2.54. The van der Waals surface area contributed by atoms with Gasteiger partial charge in [-0.3, -0.25) is 4.90 Å². The third kappa shape index (κ3) is 3.61. The van der Waals surface area contributed by atoms with Crippen molar-refractivity contribution >= 4 is 0 Å². The first-order valence-electron chi connectivity index (χ1n) is 6.06. The molecule has 1 heterocycles. The van der Waals surface area contributed by atoms with Crippen molar-refractivity contribution in [1.29, 1.82) is 0 Å². The highest BCUT2D eigenvalue weighted by Crippen LogP contribution is 2.32. The summed E-state index contributed by atoms with van der Waals surface area (Å²) in [5, 5.41) is 0. The highest BCUT2D eigenvalue weighted by molar-refractivity contribution is 4.87. The topological polar surface area (TPSA) is 3.24 Å². The molecular formula is C13H27N. The molecule has 0 spiro atoms. The molecule has 0 saturated carbocycles. The number of hydrogen-bond donors (Lipinski definition) is 0. The zero-order chi connectivity index (χ0) is 10.8. The van der Waals surface area contributed by atoms with Crippen molar-refractivity contribution < 1.29 is 0 Å². The predicted octanol–water partition coefficient (Wildman–Crippen LogP) is 3.69. The van der Waals surface area contributed by atoms with Crippen molar-refractivity contribution in [2.75, 3.05) is 13.1 Å². The van der Waals surface area contributed by atoms with Crippen LogP contribution in [0.3, 0.4) is 0 Å². The predicted molar refractivity (Wildman–Crippen MR) is 63.6 cm³/mol. The van der Waals surface area contributed by atoms with Crippen LogP contribution in [0.2, 0.25) is 0 Å². The van der Waals surface area contributed by atoms with Gasteiger partial charge < -0.3 is 0 Å². The summed E-state index contributed by atoms with van der Waals surface area (Å²) in [7, 11) is 0. The lowest BCUT2D eigenvalue weighted by atomic mass is 9.80. The molecule has 0 radical (unpaired) electrons. The van der Waals surface area contributed by atoms with E-state index in [-0.39, 0.29) is 0 Å². The van der Waals surface area contributed by atoms with Crippen molar-refractivity contribution in [1.82, 2.24) is 4.90 Å². The van der Waals surface area contributed by atoms with Crippen LogP contribution in [0, 0.1) is 5.41 Å².